The number of thiazole rings is 1. The minimum absolute atomic E-state index is 0.151. The molecule has 0 aliphatic heterocycles. The molecule has 2 aromatic heterocycles. The standard InChI is InChI=1S/C16H12FN3O2S/c17-10-4-5-13(21)11(9-10)14(12-3-1-2-6-18-12)15(22)20-16-19-7-8-23-16/h1-9,14,21H,(H,19,20,22). The lowest BCUT2D eigenvalue weighted by Gasteiger charge is -2.17. The number of phenols is 1. The Hall–Kier alpha value is -2.80. The number of aromatic nitrogens is 2. The van der Waals surface area contributed by atoms with Gasteiger partial charge in [-0.05, 0) is 30.3 Å². The molecule has 5 nitrogen and oxygen atoms in total. The maximum Gasteiger partial charge on any atom is 0.239 e. The maximum absolute atomic E-state index is 13.6. The average Bonchev–Trinajstić information content (AvgIpc) is 3.05. The number of nitrogens with one attached hydrogen (secondary N) is 1. The van der Waals surface area contributed by atoms with Gasteiger partial charge in [-0.2, -0.15) is 0 Å². The number of carbonyl (C=O) groups excluding carboxylic acids is 1. The van der Waals surface area contributed by atoms with E-state index in [1.807, 2.05) is 0 Å². The summed E-state index contributed by atoms with van der Waals surface area (Å²) in [7, 11) is 0. The SMILES string of the molecule is O=C(Nc1nccs1)C(c1ccccn1)c1cc(F)ccc1O. The smallest absolute Gasteiger partial charge is 0.239 e. The fourth-order valence-electron chi connectivity index (χ4n) is 2.20. The van der Waals surface area contributed by atoms with Gasteiger partial charge in [0.25, 0.3) is 0 Å². The zero-order valence-electron chi connectivity index (χ0n) is 11.8. The van der Waals surface area contributed by atoms with E-state index < -0.39 is 17.6 Å². The minimum Gasteiger partial charge on any atom is -0.508 e. The largest absolute Gasteiger partial charge is 0.508 e. The number of halogens is 1. The van der Waals surface area contributed by atoms with Crippen LogP contribution in [0.5, 0.6) is 5.75 Å². The number of rotatable bonds is 4. The topological polar surface area (TPSA) is 75.1 Å². The first kappa shape index (κ1) is 15.1. The summed E-state index contributed by atoms with van der Waals surface area (Å²) in [6.45, 7) is 0. The molecule has 1 amide bonds. The van der Waals surface area contributed by atoms with Gasteiger partial charge >= 0.3 is 0 Å². The number of amides is 1. The summed E-state index contributed by atoms with van der Waals surface area (Å²) in [5.41, 5.74) is 0.556. The number of carbonyl (C=O) groups is 1. The van der Waals surface area contributed by atoms with Crippen LogP contribution in [-0.2, 0) is 4.79 Å². The van der Waals surface area contributed by atoms with Crippen molar-refractivity contribution in [3.63, 3.8) is 0 Å². The van der Waals surface area contributed by atoms with E-state index in [2.05, 4.69) is 15.3 Å². The van der Waals surface area contributed by atoms with E-state index in [-0.39, 0.29) is 11.3 Å². The lowest BCUT2D eigenvalue weighted by Crippen LogP contribution is -2.23. The predicted molar refractivity (Wildman–Crippen MR) is 84.9 cm³/mol. The van der Waals surface area contributed by atoms with E-state index in [1.165, 1.54) is 23.6 Å². The summed E-state index contributed by atoms with van der Waals surface area (Å²) in [5, 5.41) is 14.9. The highest BCUT2D eigenvalue weighted by Crippen LogP contribution is 2.32. The van der Waals surface area contributed by atoms with Crippen molar-refractivity contribution < 1.29 is 14.3 Å². The zero-order chi connectivity index (χ0) is 16.2. The van der Waals surface area contributed by atoms with Crippen LogP contribution in [-0.4, -0.2) is 21.0 Å². The molecule has 3 aromatic rings. The highest BCUT2D eigenvalue weighted by molar-refractivity contribution is 7.13. The first-order valence-electron chi connectivity index (χ1n) is 6.75. The normalized spacial score (nSPS) is 11.9. The summed E-state index contributed by atoms with van der Waals surface area (Å²) in [6.07, 6.45) is 3.10. The molecule has 2 heterocycles. The Morgan fingerprint density at radius 3 is 2.78 bits per heavy atom. The van der Waals surface area contributed by atoms with Gasteiger partial charge in [0.05, 0.1) is 5.69 Å². The molecule has 3 rings (SSSR count). The summed E-state index contributed by atoms with van der Waals surface area (Å²) < 4.78 is 13.6. The van der Waals surface area contributed by atoms with E-state index in [9.17, 15) is 14.3 Å². The molecule has 0 spiro atoms. The minimum atomic E-state index is -0.948. The Morgan fingerprint density at radius 1 is 1.22 bits per heavy atom. The fourth-order valence-corrected chi connectivity index (χ4v) is 2.73. The van der Waals surface area contributed by atoms with Gasteiger partial charge in [0.1, 0.15) is 17.5 Å². The van der Waals surface area contributed by atoms with Crippen LogP contribution in [0.2, 0.25) is 0 Å². The third kappa shape index (κ3) is 3.35. The molecule has 0 saturated carbocycles. The van der Waals surface area contributed by atoms with Gasteiger partial charge in [-0.3, -0.25) is 9.78 Å². The molecular formula is C16H12FN3O2S. The summed E-state index contributed by atoms with van der Waals surface area (Å²) in [4.78, 5) is 20.8. The number of hydrogen-bond donors (Lipinski definition) is 2. The van der Waals surface area contributed by atoms with Gasteiger partial charge in [-0.15, -0.1) is 11.3 Å². The molecule has 0 aliphatic rings. The number of pyridine rings is 1. The van der Waals surface area contributed by atoms with E-state index in [0.717, 1.165) is 12.1 Å². The molecule has 1 aromatic carbocycles. The van der Waals surface area contributed by atoms with E-state index >= 15 is 0 Å². The molecule has 2 N–H and O–H groups in total. The van der Waals surface area contributed by atoms with Crippen molar-refractivity contribution in [2.75, 3.05) is 5.32 Å². The third-order valence-corrected chi connectivity index (χ3v) is 3.90. The zero-order valence-corrected chi connectivity index (χ0v) is 12.6. The molecule has 0 fully saturated rings. The van der Waals surface area contributed by atoms with Crippen molar-refractivity contribution >= 4 is 22.4 Å². The van der Waals surface area contributed by atoms with Crippen LogP contribution in [0.4, 0.5) is 9.52 Å². The number of nitrogens with zero attached hydrogens (tertiary/aromatic N) is 2. The van der Waals surface area contributed by atoms with Gasteiger partial charge in [-0.25, -0.2) is 9.37 Å². The van der Waals surface area contributed by atoms with Crippen LogP contribution >= 0.6 is 11.3 Å². The second kappa shape index (κ2) is 6.53. The van der Waals surface area contributed by atoms with Gasteiger partial charge in [0.2, 0.25) is 5.91 Å². The lowest BCUT2D eigenvalue weighted by atomic mass is 9.93. The number of anilines is 1. The van der Waals surface area contributed by atoms with Crippen molar-refractivity contribution in [3.8, 4) is 5.75 Å². The molecule has 0 saturated heterocycles. The van der Waals surface area contributed by atoms with Gasteiger partial charge in [0.15, 0.2) is 5.13 Å². The van der Waals surface area contributed by atoms with Crippen LogP contribution in [0, 0.1) is 5.82 Å². The second-order valence-electron chi connectivity index (χ2n) is 4.72. The molecule has 0 aliphatic carbocycles. The lowest BCUT2D eigenvalue weighted by molar-refractivity contribution is -0.116. The van der Waals surface area contributed by atoms with Crippen molar-refractivity contribution in [1.29, 1.82) is 0 Å². The Balaban J connectivity index is 2.03. The number of benzene rings is 1. The molecule has 116 valence electrons. The van der Waals surface area contributed by atoms with E-state index in [1.54, 1.807) is 29.8 Å². The second-order valence-corrected chi connectivity index (χ2v) is 5.61. The van der Waals surface area contributed by atoms with Crippen molar-refractivity contribution in [3.05, 3.63) is 71.2 Å². The molecule has 23 heavy (non-hydrogen) atoms. The van der Waals surface area contributed by atoms with Gasteiger partial charge in [-0.1, -0.05) is 6.07 Å². The quantitative estimate of drug-likeness (QED) is 0.771. The van der Waals surface area contributed by atoms with Crippen molar-refractivity contribution in [2.24, 2.45) is 0 Å². The van der Waals surface area contributed by atoms with E-state index in [4.69, 9.17) is 0 Å². The highest BCUT2D eigenvalue weighted by Gasteiger charge is 2.27. The Morgan fingerprint density at radius 2 is 2.09 bits per heavy atom. The van der Waals surface area contributed by atoms with Gasteiger partial charge in [0, 0.05) is 23.3 Å². The average molecular weight is 329 g/mol. The van der Waals surface area contributed by atoms with Crippen LogP contribution in [0.3, 0.4) is 0 Å². The molecule has 0 radical (unpaired) electrons. The number of hydrogen-bond acceptors (Lipinski definition) is 5. The first-order chi connectivity index (χ1) is 11.1. The molecule has 1 atom stereocenters. The van der Waals surface area contributed by atoms with Crippen LogP contribution < -0.4 is 5.32 Å². The molecule has 1 unspecified atom stereocenters. The maximum atomic E-state index is 13.6. The Labute approximate surface area is 135 Å². The van der Waals surface area contributed by atoms with Crippen molar-refractivity contribution in [1.82, 2.24) is 9.97 Å². The molecule has 0 bridgehead atoms. The summed E-state index contributed by atoms with van der Waals surface area (Å²) in [5.74, 6) is -2.10. The fraction of sp³-hybridized carbons (Fsp3) is 0.0625. The molecule has 7 heteroatoms. The number of phenolic OH excluding ortho intramolecular Hbond substituents is 1. The highest BCUT2D eigenvalue weighted by atomic mass is 32.1. The van der Waals surface area contributed by atoms with Crippen molar-refractivity contribution in [2.45, 2.75) is 5.92 Å². The monoisotopic (exact) mass is 329 g/mol. The van der Waals surface area contributed by atoms with Crippen LogP contribution in [0.15, 0.2) is 54.2 Å². The first-order valence-corrected chi connectivity index (χ1v) is 7.63. The molecular weight excluding hydrogens is 317 g/mol. The van der Waals surface area contributed by atoms with Crippen LogP contribution in [0.1, 0.15) is 17.2 Å². The van der Waals surface area contributed by atoms with Crippen LogP contribution in [0.25, 0.3) is 0 Å². The summed E-state index contributed by atoms with van der Waals surface area (Å²) in [6, 6.07) is 8.57. The summed E-state index contributed by atoms with van der Waals surface area (Å²) >= 11 is 1.27. The number of aromatic hydroxyl groups is 1. The van der Waals surface area contributed by atoms with Gasteiger partial charge < -0.3 is 10.4 Å². The Kier molecular flexibility index (Phi) is 4.29. The Bertz CT molecular complexity index is 809. The predicted octanol–water partition coefficient (Wildman–Crippen LogP) is 3.15. The van der Waals surface area contributed by atoms with E-state index in [0.29, 0.717) is 10.8 Å². The third-order valence-electron chi connectivity index (χ3n) is 3.21.